The highest BCUT2D eigenvalue weighted by Crippen LogP contribution is 2.27. The molecule has 0 radical (unpaired) electrons. The summed E-state index contributed by atoms with van der Waals surface area (Å²) in [5.41, 5.74) is 0.297. The van der Waals surface area contributed by atoms with Crippen molar-refractivity contribution in [1.82, 2.24) is 4.90 Å². The molecule has 1 saturated carbocycles. The summed E-state index contributed by atoms with van der Waals surface area (Å²) < 4.78 is 0. The molecule has 3 heteroatoms. The Kier molecular flexibility index (Phi) is 4.14. The average molecular weight is 197 g/mol. The minimum atomic E-state index is -0.878. The van der Waals surface area contributed by atoms with E-state index in [4.69, 9.17) is 5.11 Å². The summed E-state index contributed by atoms with van der Waals surface area (Å²) in [5.74, 6) is -0.0893. The van der Waals surface area contributed by atoms with Gasteiger partial charge in [-0.25, -0.2) is 4.79 Å². The molecule has 0 aromatic rings. The van der Waals surface area contributed by atoms with Crippen LogP contribution < -0.4 is 0 Å². The van der Waals surface area contributed by atoms with Crippen LogP contribution in [-0.4, -0.2) is 35.6 Å². The van der Waals surface area contributed by atoms with Crippen molar-refractivity contribution in [1.29, 1.82) is 0 Å². The third kappa shape index (κ3) is 3.14. The fourth-order valence-corrected chi connectivity index (χ4v) is 1.68. The maximum absolute atomic E-state index is 10.6. The molecule has 0 spiro atoms. The molecule has 0 aromatic heterocycles. The molecule has 14 heavy (non-hydrogen) atoms. The third-order valence-corrected chi connectivity index (χ3v) is 2.91. The lowest BCUT2D eigenvalue weighted by Crippen LogP contribution is -2.34. The molecule has 0 saturated heterocycles. The molecule has 1 rings (SSSR count). The molecule has 1 aliphatic rings. The van der Waals surface area contributed by atoms with E-state index in [9.17, 15) is 4.79 Å². The Morgan fingerprint density at radius 3 is 2.57 bits per heavy atom. The quantitative estimate of drug-likeness (QED) is 0.659. The number of nitrogens with zero attached hydrogens (tertiary/aromatic N) is 1. The molecule has 1 fully saturated rings. The van der Waals surface area contributed by atoms with Gasteiger partial charge in [0, 0.05) is 18.7 Å². The van der Waals surface area contributed by atoms with Crippen LogP contribution in [0.5, 0.6) is 0 Å². The summed E-state index contributed by atoms with van der Waals surface area (Å²) in [6.45, 7) is 8.05. The van der Waals surface area contributed by atoms with Gasteiger partial charge < -0.3 is 5.11 Å². The minimum absolute atomic E-state index is 0.297. The highest BCUT2D eigenvalue weighted by atomic mass is 16.4. The Morgan fingerprint density at radius 2 is 2.21 bits per heavy atom. The van der Waals surface area contributed by atoms with Crippen molar-refractivity contribution in [2.75, 3.05) is 19.6 Å². The number of rotatable bonds is 6. The predicted molar refractivity (Wildman–Crippen MR) is 56.2 cm³/mol. The van der Waals surface area contributed by atoms with Crippen LogP contribution in [0.4, 0.5) is 0 Å². The fourth-order valence-electron chi connectivity index (χ4n) is 1.68. The second kappa shape index (κ2) is 5.15. The maximum Gasteiger partial charge on any atom is 0.332 e. The van der Waals surface area contributed by atoms with Gasteiger partial charge in [-0.15, -0.1) is 0 Å². The van der Waals surface area contributed by atoms with Gasteiger partial charge in [0.2, 0.25) is 0 Å². The van der Waals surface area contributed by atoms with Crippen LogP contribution in [0, 0.1) is 5.92 Å². The number of aliphatic carboxylic acids is 1. The lowest BCUT2D eigenvalue weighted by molar-refractivity contribution is -0.132. The maximum atomic E-state index is 10.6. The van der Waals surface area contributed by atoms with Crippen molar-refractivity contribution in [3.63, 3.8) is 0 Å². The SMILES string of the molecule is C=C(CN(CC)CC1CCC1)C(=O)O. The van der Waals surface area contributed by atoms with E-state index in [2.05, 4.69) is 18.4 Å². The highest BCUT2D eigenvalue weighted by Gasteiger charge is 2.20. The number of hydrogen-bond donors (Lipinski definition) is 1. The van der Waals surface area contributed by atoms with E-state index < -0.39 is 5.97 Å². The van der Waals surface area contributed by atoms with Crippen molar-refractivity contribution in [3.05, 3.63) is 12.2 Å². The van der Waals surface area contributed by atoms with Crippen LogP contribution in [0.25, 0.3) is 0 Å². The van der Waals surface area contributed by atoms with Gasteiger partial charge in [0.05, 0.1) is 0 Å². The van der Waals surface area contributed by atoms with Crippen molar-refractivity contribution in [3.8, 4) is 0 Å². The predicted octanol–water partition coefficient (Wildman–Crippen LogP) is 1.75. The minimum Gasteiger partial charge on any atom is -0.478 e. The lowest BCUT2D eigenvalue weighted by Gasteiger charge is -2.31. The van der Waals surface area contributed by atoms with Gasteiger partial charge in [0.25, 0.3) is 0 Å². The van der Waals surface area contributed by atoms with Crippen molar-refractivity contribution < 1.29 is 9.90 Å². The van der Waals surface area contributed by atoms with E-state index in [0.29, 0.717) is 12.1 Å². The molecular formula is C11H19NO2. The van der Waals surface area contributed by atoms with Crippen LogP contribution in [0.3, 0.4) is 0 Å². The summed E-state index contributed by atoms with van der Waals surface area (Å²) in [6, 6.07) is 0. The number of hydrogen-bond acceptors (Lipinski definition) is 2. The highest BCUT2D eigenvalue weighted by molar-refractivity contribution is 5.86. The van der Waals surface area contributed by atoms with Crippen molar-refractivity contribution >= 4 is 5.97 Å². The van der Waals surface area contributed by atoms with Crippen LogP contribution in [0.1, 0.15) is 26.2 Å². The van der Waals surface area contributed by atoms with Gasteiger partial charge in [-0.2, -0.15) is 0 Å². The number of likely N-dealkylation sites (N-methyl/N-ethyl adjacent to an activating group) is 1. The molecule has 0 unspecified atom stereocenters. The number of carboxylic acid groups (broad SMARTS) is 1. The molecule has 1 aliphatic carbocycles. The monoisotopic (exact) mass is 197 g/mol. The van der Waals surface area contributed by atoms with E-state index in [0.717, 1.165) is 19.0 Å². The molecule has 0 heterocycles. The molecule has 0 aromatic carbocycles. The van der Waals surface area contributed by atoms with Crippen LogP contribution in [-0.2, 0) is 4.79 Å². The first-order valence-corrected chi connectivity index (χ1v) is 5.27. The first-order chi connectivity index (χ1) is 6.63. The Balaban J connectivity index is 2.29. The van der Waals surface area contributed by atoms with Gasteiger partial charge in [-0.3, -0.25) is 4.90 Å². The van der Waals surface area contributed by atoms with E-state index in [-0.39, 0.29) is 0 Å². The molecule has 0 atom stereocenters. The summed E-state index contributed by atoms with van der Waals surface area (Å²) in [7, 11) is 0. The lowest BCUT2D eigenvalue weighted by atomic mass is 9.85. The molecule has 1 N–H and O–H groups in total. The number of carbonyl (C=O) groups is 1. The molecule has 0 aliphatic heterocycles. The van der Waals surface area contributed by atoms with Gasteiger partial charge in [-0.1, -0.05) is 19.9 Å². The number of carboxylic acids is 1. The summed E-state index contributed by atoms with van der Waals surface area (Å²) in [5, 5.41) is 8.71. The zero-order valence-corrected chi connectivity index (χ0v) is 8.83. The first kappa shape index (κ1) is 11.2. The molecular weight excluding hydrogens is 178 g/mol. The smallest absolute Gasteiger partial charge is 0.332 e. The Labute approximate surface area is 85.4 Å². The topological polar surface area (TPSA) is 40.5 Å². The largest absolute Gasteiger partial charge is 0.478 e. The van der Waals surface area contributed by atoms with E-state index in [1.165, 1.54) is 19.3 Å². The molecule has 3 nitrogen and oxygen atoms in total. The molecule has 0 amide bonds. The van der Waals surface area contributed by atoms with E-state index in [1.54, 1.807) is 0 Å². The summed E-state index contributed by atoms with van der Waals surface area (Å²) in [6.07, 6.45) is 3.94. The summed E-state index contributed by atoms with van der Waals surface area (Å²) in [4.78, 5) is 12.8. The van der Waals surface area contributed by atoms with Gasteiger partial charge in [0.15, 0.2) is 0 Å². The second-order valence-corrected chi connectivity index (χ2v) is 4.03. The van der Waals surface area contributed by atoms with Crippen LogP contribution in [0.15, 0.2) is 12.2 Å². The Morgan fingerprint density at radius 1 is 1.57 bits per heavy atom. The van der Waals surface area contributed by atoms with E-state index in [1.807, 2.05) is 0 Å². The Bertz CT molecular complexity index is 221. The average Bonchev–Trinajstić information content (AvgIpc) is 2.08. The third-order valence-electron chi connectivity index (χ3n) is 2.91. The zero-order valence-electron chi connectivity index (χ0n) is 8.83. The Hall–Kier alpha value is -0.830. The van der Waals surface area contributed by atoms with Crippen LogP contribution in [0.2, 0.25) is 0 Å². The van der Waals surface area contributed by atoms with Gasteiger partial charge in [0.1, 0.15) is 0 Å². The van der Waals surface area contributed by atoms with E-state index >= 15 is 0 Å². The standard InChI is InChI=1S/C11H19NO2/c1-3-12(7-9(2)11(13)14)8-10-5-4-6-10/h10H,2-8H2,1H3,(H,13,14). The fraction of sp³-hybridized carbons (Fsp3) is 0.727. The van der Waals surface area contributed by atoms with Gasteiger partial charge in [-0.05, 0) is 25.3 Å². The normalized spacial score (nSPS) is 16.7. The van der Waals surface area contributed by atoms with Crippen molar-refractivity contribution in [2.24, 2.45) is 5.92 Å². The zero-order chi connectivity index (χ0) is 10.6. The molecule has 0 bridgehead atoms. The van der Waals surface area contributed by atoms with Crippen LogP contribution >= 0.6 is 0 Å². The van der Waals surface area contributed by atoms with Crippen molar-refractivity contribution in [2.45, 2.75) is 26.2 Å². The molecule has 80 valence electrons. The first-order valence-electron chi connectivity index (χ1n) is 5.27. The van der Waals surface area contributed by atoms with Gasteiger partial charge >= 0.3 is 5.97 Å². The second-order valence-electron chi connectivity index (χ2n) is 4.03. The summed E-state index contributed by atoms with van der Waals surface area (Å²) >= 11 is 0.